The summed E-state index contributed by atoms with van der Waals surface area (Å²) < 4.78 is 5.53. The molecule has 1 heterocycles. The standard InChI is InChI=1S/C25H31N3O4/c1-2-16-32-20-11-9-18(10-12-20)23(29)13-14-24(30)27-21-7-4-3-6-19(21)17-28-15-5-8-22(28)25(26)31/h3-4,6-7,9-12,22H,2,5,8,13-17H2,1H3,(H2,26,31)(H,27,30). The second-order valence-corrected chi connectivity index (χ2v) is 8.03. The zero-order chi connectivity index (χ0) is 22.9. The van der Waals surface area contributed by atoms with E-state index in [2.05, 4.69) is 5.32 Å². The van der Waals surface area contributed by atoms with Crippen molar-refractivity contribution in [1.29, 1.82) is 0 Å². The van der Waals surface area contributed by atoms with E-state index in [1.54, 1.807) is 24.3 Å². The number of nitrogens with zero attached hydrogens (tertiary/aromatic N) is 1. The molecule has 1 fully saturated rings. The number of carbonyl (C=O) groups excluding carboxylic acids is 3. The number of carbonyl (C=O) groups is 3. The van der Waals surface area contributed by atoms with Crippen molar-refractivity contribution in [2.45, 2.75) is 51.6 Å². The summed E-state index contributed by atoms with van der Waals surface area (Å²) in [6.07, 6.45) is 2.82. The number of benzene rings is 2. The number of nitrogens with one attached hydrogen (secondary N) is 1. The number of hydrogen-bond acceptors (Lipinski definition) is 5. The van der Waals surface area contributed by atoms with Gasteiger partial charge in [-0.3, -0.25) is 19.3 Å². The van der Waals surface area contributed by atoms with Crippen LogP contribution >= 0.6 is 0 Å². The van der Waals surface area contributed by atoms with Crippen LogP contribution in [-0.4, -0.2) is 41.7 Å². The third-order valence-corrected chi connectivity index (χ3v) is 5.59. The number of amides is 2. The molecule has 2 aromatic rings. The Bertz CT molecular complexity index is 942. The first kappa shape index (κ1) is 23.5. The smallest absolute Gasteiger partial charge is 0.234 e. The highest BCUT2D eigenvalue weighted by molar-refractivity contribution is 6.00. The molecule has 1 atom stereocenters. The van der Waals surface area contributed by atoms with E-state index in [0.29, 0.717) is 24.4 Å². The molecule has 1 unspecified atom stereocenters. The predicted octanol–water partition coefficient (Wildman–Crippen LogP) is 3.53. The van der Waals surface area contributed by atoms with Crippen LogP contribution in [0.2, 0.25) is 0 Å². The largest absolute Gasteiger partial charge is 0.494 e. The van der Waals surface area contributed by atoms with Crippen LogP contribution in [-0.2, 0) is 16.1 Å². The maximum Gasteiger partial charge on any atom is 0.234 e. The van der Waals surface area contributed by atoms with Gasteiger partial charge in [0, 0.05) is 30.6 Å². The van der Waals surface area contributed by atoms with E-state index in [-0.39, 0.29) is 36.5 Å². The van der Waals surface area contributed by atoms with Gasteiger partial charge in [-0.1, -0.05) is 25.1 Å². The molecule has 3 rings (SSSR count). The fourth-order valence-electron chi connectivity index (χ4n) is 3.88. The Hall–Kier alpha value is -3.19. The van der Waals surface area contributed by atoms with Gasteiger partial charge in [0.15, 0.2) is 5.78 Å². The van der Waals surface area contributed by atoms with E-state index in [4.69, 9.17) is 10.5 Å². The van der Waals surface area contributed by atoms with Gasteiger partial charge in [-0.2, -0.15) is 0 Å². The van der Waals surface area contributed by atoms with Gasteiger partial charge >= 0.3 is 0 Å². The fourth-order valence-corrected chi connectivity index (χ4v) is 3.88. The van der Waals surface area contributed by atoms with Crippen molar-refractivity contribution in [2.75, 3.05) is 18.5 Å². The van der Waals surface area contributed by atoms with Gasteiger partial charge < -0.3 is 15.8 Å². The van der Waals surface area contributed by atoms with Crippen LogP contribution in [0, 0.1) is 0 Å². The molecule has 3 N–H and O–H groups in total. The molecule has 1 saturated heterocycles. The quantitative estimate of drug-likeness (QED) is 0.524. The average molecular weight is 438 g/mol. The van der Waals surface area contributed by atoms with Gasteiger partial charge in [0.2, 0.25) is 11.8 Å². The third kappa shape index (κ3) is 6.40. The predicted molar refractivity (Wildman–Crippen MR) is 123 cm³/mol. The van der Waals surface area contributed by atoms with E-state index < -0.39 is 0 Å². The van der Waals surface area contributed by atoms with E-state index in [1.807, 2.05) is 36.1 Å². The number of para-hydroxylation sites is 1. The molecule has 7 heteroatoms. The van der Waals surface area contributed by atoms with Crippen molar-refractivity contribution in [1.82, 2.24) is 4.90 Å². The van der Waals surface area contributed by atoms with Crippen LogP contribution < -0.4 is 15.8 Å². The lowest BCUT2D eigenvalue weighted by Crippen LogP contribution is -2.39. The van der Waals surface area contributed by atoms with Crippen LogP contribution in [0.1, 0.15) is 54.9 Å². The molecule has 0 bridgehead atoms. The van der Waals surface area contributed by atoms with Gasteiger partial charge in [-0.15, -0.1) is 0 Å². The van der Waals surface area contributed by atoms with E-state index in [9.17, 15) is 14.4 Å². The van der Waals surface area contributed by atoms with Crippen molar-refractivity contribution in [3.63, 3.8) is 0 Å². The maximum atomic E-state index is 12.5. The number of primary amides is 1. The first-order valence-corrected chi connectivity index (χ1v) is 11.1. The highest BCUT2D eigenvalue weighted by Gasteiger charge is 2.29. The molecule has 32 heavy (non-hydrogen) atoms. The van der Waals surface area contributed by atoms with Crippen molar-refractivity contribution >= 4 is 23.3 Å². The lowest BCUT2D eigenvalue weighted by atomic mass is 10.1. The number of hydrogen-bond donors (Lipinski definition) is 2. The molecule has 0 radical (unpaired) electrons. The first-order valence-electron chi connectivity index (χ1n) is 11.1. The van der Waals surface area contributed by atoms with Crippen LogP contribution in [0.15, 0.2) is 48.5 Å². The second-order valence-electron chi connectivity index (χ2n) is 8.03. The highest BCUT2D eigenvalue weighted by Crippen LogP contribution is 2.24. The molecule has 2 amide bonds. The summed E-state index contributed by atoms with van der Waals surface area (Å²) in [7, 11) is 0. The SMILES string of the molecule is CCCOc1ccc(C(=O)CCC(=O)Nc2ccccc2CN2CCCC2C(N)=O)cc1. The van der Waals surface area contributed by atoms with E-state index in [0.717, 1.165) is 37.1 Å². The summed E-state index contributed by atoms with van der Waals surface area (Å²) >= 11 is 0. The number of Topliss-reactive ketones (excluding diaryl/α,β-unsaturated/α-hetero) is 1. The molecule has 1 aliphatic heterocycles. The molecule has 7 nitrogen and oxygen atoms in total. The highest BCUT2D eigenvalue weighted by atomic mass is 16.5. The first-order chi connectivity index (χ1) is 15.5. The summed E-state index contributed by atoms with van der Waals surface area (Å²) in [5.41, 5.74) is 7.69. The summed E-state index contributed by atoms with van der Waals surface area (Å²) in [5, 5.41) is 2.91. The van der Waals surface area contributed by atoms with Crippen LogP contribution in [0.4, 0.5) is 5.69 Å². The van der Waals surface area contributed by atoms with Crippen LogP contribution in [0.25, 0.3) is 0 Å². The Morgan fingerprint density at radius 1 is 1.09 bits per heavy atom. The number of anilines is 1. The fraction of sp³-hybridized carbons (Fsp3) is 0.400. The Morgan fingerprint density at radius 3 is 2.56 bits per heavy atom. The Balaban J connectivity index is 1.54. The summed E-state index contributed by atoms with van der Waals surface area (Å²) in [5.74, 6) is 0.111. The average Bonchev–Trinajstić information content (AvgIpc) is 3.26. The van der Waals surface area contributed by atoms with Gasteiger partial charge in [-0.05, 0) is 61.7 Å². The monoisotopic (exact) mass is 437 g/mol. The lowest BCUT2D eigenvalue weighted by Gasteiger charge is -2.23. The number of likely N-dealkylation sites (tertiary alicyclic amines) is 1. The summed E-state index contributed by atoms with van der Waals surface area (Å²) in [6.45, 7) is 4.00. The van der Waals surface area contributed by atoms with E-state index >= 15 is 0 Å². The maximum absolute atomic E-state index is 12.5. The zero-order valence-electron chi connectivity index (χ0n) is 18.5. The summed E-state index contributed by atoms with van der Waals surface area (Å²) in [4.78, 5) is 38.7. The van der Waals surface area contributed by atoms with Crippen molar-refractivity contribution in [3.8, 4) is 5.75 Å². The Morgan fingerprint density at radius 2 is 1.84 bits per heavy atom. The zero-order valence-corrected chi connectivity index (χ0v) is 18.5. The van der Waals surface area contributed by atoms with Gasteiger partial charge in [-0.25, -0.2) is 0 Å². The number of nitrogens with two attached hydrogens (primary N) is 1. The van der Waals surface area contributed by atoms with Crippen molar-refractivity contribution < 1.29 is 19.1 Å². The van der Waals surface area contributed by atoms with Crippen molar-refractivity contribution in [2.24, 2.45) is 5.73 Å². The number of rotatable bonds is 11. The Kier molecular flexibility index (Phi) is 8.39. The molecule has 0 aromatic heterocycles. The Labute approximate surface area is 188 Å². The minimum Gasteiger partial charge on any atom is -0.494 e. The molecule has 0 spiro atoms. The van der Waals surface area contributed by atoms with Gasteiger partial charge in [0.25, 0.3) is 0 Å². The molecule has 0 saturated carbocycles. The number of ketones is 1. The second kappa shape index (κ2) is 11.4. The van der Waals surface area contributed by atoms with Crippen molar-refractivity contribution in [3.05, 3.63) is 59.7 Å². The molecule has 0 aliphatic carbocycles. The van der Waals surface area contributed by atoms with Crippen LogP contribution in [0.5, 0.6) is 5.75 Å². The topological polar surface area (TPSA) is 102 Å². The van der Waals surface area contributed by atoms with Gasteiger partial charge in [0.1, 0.15) is 5.75 Å². The van der Waals surface area contributed by atoms with E-state index in [1.165, 1.54) is 0 Å². The lowest BCUT2D eigenvalue weighted by molar-refractivity contribution is -0.122. The molecule has 1 aliphatic rings. The van der Waals surface area contributed by atoms with Gasteiger partial charge in [0.05, 0.1) is 12.6 Å². The number of ether oxygens (including phenoxy) is 1. The molecular weight excluding hydrogens is 406 g/mol. The molecule has 2 aromatic carbocycles. The molecule has 170 valence electrons. The normalized spacial score (nSPS) is 16.0. The minimum atomic E-state index is -0.313. The minimum absolute atomic E-state index is 0.0863. The van der Waals surface area contributed by atoms with Crippen LogP contribution in [0.3, 0.4) is 0 Å². The third-order valence-electron chi connectivity index (χ3n) is 5.59. The summed E-state index contributed by atoms with van der Waals surface area (Å²) in [6, 6.07) is 14.2. The molecular formula is C25H31N3O4.